The van der Waals surface area contributed by atoms with E-state index in [0.29, 0.717) is 0 Å². The highest BCUT2D eigenvalue weighted by atomic mass is 16.6. The molecular formula is C25H21N3O6. The minimum Gasteiger partial charge on any atom is -0.445 e. The monoisotopic (exact) mass is 459 g/mol. The van der Waals surface area contributed by atoms with Crippen LogP contribution in [-0.4, -0.2) is 28.0 Å². The largest absolute Gasteiger partial charge is 0.445 e. The molecule has 0 spiro atoms. The van der Waals surface area contributed by atoms with E-state index in [4.69, 9.17) is 9.47 Å². The van der Waals surface area contributed by atoms with E-state index in [9.17, 15) is 19.7 Å². The maximum Gasteiger partial charge on any atom is 0.408 e. The SMILES string of the molecule is O=C(NC(Cc1c[nH]c2ccccc12)C(=O)Oc1ccc([N+](=O)[O-])cc1)OCc1ccccc1. The second kappa shape index (κ2) is 10.3. The molecule has 0 aliphatic rings. The lowest BCUT2D eigenvalue weighted by molar-refractivity contribution is -0.384. The fourth-order valence-electron chi connectivity index (χ4n) is 3.44. The van der Waals surface area contributed by atoms with Gasteiger partial charge in [0.05, 0.1) is 4.92 Å². The Kier molecular flexibility index (Phi) is 6.83. The van der Waals surface area contributed by atoms with Gasteiger partial charge in [0.1, 0.15) is 18.4 Å². The Morgan fingerprint density at radius 1 is 0.971 bits per heavy atom. The lowest BCUT2D eigenvalue weighted by atomic mass is 10.1. The van der Waals surface area contributed by atoms with E-state index in [0.717, 1.165) is 22.0 Å². The van der Waals surface area contributed by atoms with Crippen molar-refractivity contribution < 1.29 is 24.0 Å². The van der Waals surface area contributed by atoms with Gasteiger partial charge in [0.25, 0.3) is 5.69 Å². The third-order valence-electron chi connectivity index (χ3n) is 5.15. The number of nitrogens with one attached hydrogen (secondary N) is 2. The molecule has 1 aromatic heterocycles. The number of esters is 1. The number of nitro groups is 1. The zero-order valence-corrected chi connectivity index (χ0v) is 18.0. The molecule has 0 aliphatic heterocycles. The minimum atomic E-state index is -1.06. The van der Waals surface area contributed by atoms with Gasteiger partial charge in [-0.1, -0.05) is 48.5 Å². The molecule has 9 heteroatoms. The van der Waals surface area contributed by atoms with Crippen LogP contribution in [0.25, 0.3) is 10.9 Å². The van der Waals surface area contributed by atoms with Crippen molar-refractivity contribution in [2.45, 2.75) is 19.1 Å². The number of non-ortho nitro benzene ring substituents is 1. The van der Waals surface area contributed by atoms with E-state index in [1.165, 1.54) is 24.3 Å². The Hall–Kier alpha value is -4.66. The van der Waals surface area contributed by atoms with Crippen LogP contribution in [0.15, 0.2) is 85.1 Å². The maximum absolute atomic E-state index is 13.0. The summed E-state index contributed by atoms with van der Waals surface area (Å²) in [6.45, 7) is 0.0455. The van der Waals surface area contributed by atoms with Gasteiger partial charge >= 0.3 is 12.1 Å². The van der Waals surface area contributed by atoms with Crippen molar-refractivity contribution in [3.63, 3.8) is 0 Å². The molecule has 9 nitrogen and oxygen atoms in total. The third kappa shape index (κ3) is 5.57. The van der Waals surface area contributed by atoms with E-state index in [-0.39, 0.29) is 24.5 Å². The molecule has 2 N–H and O–H groups in total. The van der Waals surface area contributed by atoms with Gasteiger partial charge < -0.3 is 19.8 Å². The maximum atomic E-state index is 13.0. The fourth-order valence-corrected chi connectivity index (χ4v) is 3.44. The number of benzene rings is 3. The summed E-state index contributed by atoms with van der Waals surface area (Å²) in [7, 11) is 0. The zero-order chi connectivity index (χ0) is 23.9. The summed E-state index contributed by atoms with van der Waals surface area (Å²) in [6, 6.07) is 20.8. The van der Waals surface area contributed by atoms with E-state index >= 15 is 0 Å². The molecule has 3 aromatic carbocycles. The number of fused-ring (bicyclic) bond motifs is 1. The first kappa shape index (κ1) is 22.5. The van der Waals surface area contributed by atoms with Crippen molar-refractivity contribution in [3.05, 3.63) is 106 Å². The number of alkyl carbamates (subject to hydrolysis) is 1. The number of hydrogen-bond donors (Lipinski definition) is 2. The van der Waals surface area contributed by atoms with Crippen molar-refractivity contribution in [3.8, 4) is 5.75 Å². The average molecular weight is 459 g/mol. The predicted octanol–water partition coefficient (Wildman–Crippen LogP) is 4.52. The van der Waals surface area contributed by atoms with Gasteiger partial charge in [-0.2, -0.15) is 0 Å². The standard InChI is InChI=1S/C25H21N3O6/c29-24(34-20-12-10-19(11-13-20)28(31)32)23(14-18-15-26-22-9-5-4-8-21(18)22)27-25(30)33-16-17-6-2-1-3-7-17/h1-13,15,23,26H,14,16H2,(H,27,30). The summed E-state index contributed by atoms with van der Waals surface area (Å²) >= 11 is 0. The van der Waals surface area contributed by atoms with Gasteiger partial charge in [0, 0.05) is 35.7 Å². The number of nitro benzene ring substituents is 1. The first-order chi connectivity index (χ1) is 16.5. The van der Waals surface area contributed by atoms with Crippen molar-refractivity contribution in [1.29, 1.82) is 0 Å². The second-order valence-electron chi connectivity index (χ2n) is 7.49. The van der Waals surface area contributed by atoms with Gasteiger partial charge in [0.2, 0.25) is 0 Å². The van der Waals surface area contributed by atoms with Crippen LogP contribution in [0.5, 0.6) is 5.75 Å². The molecule has 1 amide bonds. The minimum absolute atomic E-state index is 0.0455. The van der Waals surface area contributed by atoms with Crippen molar-refractivity contribution in [2.24, 2.45) is 0 Å². The van der Waals surface area contributed by atoms with Gasteiger partial charge in [0.15, 0.2) is 0 Å². The average Bonchev–Trinajstić information content (AvgIpc) is 3.26. The molecule has 1 atom stereocenters. The second-order valence-corrected chi connectivity index (χ2v) is 7.49. The van der Waals surface area contributed by atoms with Crippen molar-refractivity contribution in [1.82, 2.24) is 10.3 Å². The predicted molar refractivity (Wildman–Crippen MR) is 124 cm³/mol. The fraction of sp³-hybridized carbons (Fsp3) is 0.120. The number of amides is 1. The lowest BCUT2D eigenvalue weighted by Gasteiger charge is -2.17. The number of nitrogens with zero attached hydrogens (tertiary/aromatic N) is 1. The summed E-state index contributed by atoms with van der Waals surface area (Å²) in [5, 5.41) is 14.3. The first-order valence-electron chi connectivity index (χ1n) is 10.5. The quantitative estimate of drug-likeness (QED) is 0.173. The van der Waals surface area contributed by atoms with Crippen LogP contribution in [0.4, 0.5) is 10.5 Å². The van der Waals surface area contributed by atoms with Crippen LogP contribution in [0.3, 0.4) is 0 Å². The number of aromatic amines is 1. The van der Waals surface area contributed by atoms with Crippen LogP contribution in [0, 0.1) is 10.1 Å². The van der Waals surface area contributed by atoms with Crippen molar-refractivity contribution in [2.75, 3.05) is 0 Å². The molecule has 34 heavy (non-hydrogen) atoms. The summed E-state index contributed by atoms with van der Waals surface area (Å²) in [5.41, 5.74) is 2.38. The summed E-state index contributed by atoms with van der Waals surface area (Å²) in [6.07, 6.45) is 1.15. The number of carbonyl (C=O) groups is 2. The Balaban J connectivity index is 1.49. The summed E-state index contributed by atoms with van der Waals surface area (Å²) in [4.78, 5) is 38.9. The third-order valence-corrected chi connectivity index (χ3v) is 5.15. The molecule has 1 heterocycles. The van der Waals surface area contributed by atoms with Crippen LogP contribution in [-0.2, 0) is 22.6 Å². The van der Waals surface area contributed by atoms with Crippen LogP contribution < -0.4 is 10.1 Å². The normalized spacial score (nSPS) is 11.5. The van der Waals surface area contributed by atoms with E-state index in [2.05, 4.69) is 10.3 Å². The number of ether oxygens (including phenoxy) is 2. The number of rotatable bonds is 8. The number of H-pyrrole nitrogens is 1. The molecular weight excluding hydrogens is 438 g/mol. The van der Waals surface area contributed by atoms with Gasteiger partial charge in [-0.3, -0.25) is 10.1 Å². The summed E-state index contributed by atoms with van der Waals surface area (Å²) in [5.74, 6) is -0.602. The molecule has 0 bridgehead atoms. The highest BCUT2D eigenvalue weighted by molar-refractivity contribution is 5.86. The summed E-state index contributed by atoms with van der Waals surface area (Å²) < 4.78 is 10.7. The van der Waals surface area contributed by atoms with Gasteiger partial charge in [-0.15, -0.1) is 0 Å². The van der Waals surface area contributed by atoms with Crippen molar-refractivity contribution >= 4 is 28.7 Å². The highest BCUT2D eigenvalue weighted by Crippen LogP contribution is 2.21. The Morgan fingerprint density at radius 2 is 1.68 bits per heavy atom. The number of carbonyl (C=O) groups excluding carboxylic acids is 2. The lowest BCUT2D eigenvalue weighted by Crippen LogP contribution is -2.44. The molecule has 0 saturated carbocycles. The molecule has 172 valence electrons. The first-order valence-corrected chi connectivity index (χ1v) is 10.5. The smallest absolute Gasteiger partial charge is 0.408 e. The number of aromatic nitrogens is 1. The Bertz CT molecular complexity index is 1300. The van der Waals surface area contributed by atoms with E-state index < -0.39 is 23.0 Å². The molecule has 4 aromatic rings. The molecule has 4 rings (SSSR count). The highest BCUT2D eigenvalue weighted by Gasteiger charge is 2.25. The molecule has 0 fully saturated rings. The molecule has 1 unspecified atom stereocenters. The topological polar surface area (TPSA) is 124 Å². The van der Waals surface area contributed by atoms with E-state index in [1.54, 1.807) is 6.20 Å². The molecule has 0 radical (unpaired) electrons. The number of para-hydroxylation sites is 1. The van der Waals surface area contributed by atoms with Crippen LogP contribution in [0.2, 0.25) is 0 Å². The molecule has 0 aliphatic carbocycles. The van der Waals surface area contributed by atoms with Gasteiger partial charge in [-0.05, 0) is 29.3 Å². The van der Waals surface area contributed by atoms with Gasteiger partial charge in [-0.25, -0.2) is 9.59 Å². The zero-order valence-electron chi connectivity index (χ0n) is 18.0. The van der Waals surface area contributed by atoms with E-state index in [1.807, 2.05) is 54.6 Å². The Morgan fingerprint density at radius 3 is 2.41 bits per heavy atom. The molecule has 0 saturated heterocycles. The van der Waals surface area contributed by atoms with Crippen LogP contribution in [0.1, 0.15) is 11.1 Å². The number of hydrogen-bond acceptors (Lipinski definition) is 6. The Labute approximate surface area is 194 Å². The van der Waals surface area contributed by atoms with Crippen LogP contribution >= 0.6 is 0 Å².